The maximum atomic E-state index is 11.5. The van der Waals surface area contributed by atoms with E-state index in [2.05, 4.69) is 36.5 Å². The number of benzene rings is 3. The average Bonchev–Trinajstić information content (AvgIpc) is 3.42. The second-order valence-corrected chi connectivity index (χ2v) is 12.1. The van der Waals surface area contributed by atoms with Gasteiger partial charge in [-0.05, 0) is 66.1 Å². The predicted molar refractivity (Wildman–Crippen MR) is 160 cm³/mol. The number of sulfone groups is 1. The molecule has 0 amide bonds. The van der Waals surface area contributed by atoms with E-state index in [0.717, 1.165) is 39.3 Å². The molecule has 6 rings (SSSR count). The van der Waals surface area contributed by atoms with Gasteiger partial charge in [0.25, 0.3) is 0 Å². The Kier molecular flexibility index (Phi) is 6.75. The fraction of sp³-hybridized carbons (Fsp3) is 0.172. The van der Waals surface area contributed by atoms with Gasteiger partial charge >= 0.3 is 0 Å². The Bertz CT molecular complexity index is 1900. The summed E-state index contributed by atoms with van der Waals surface area (Å²) in [4.78, 5) is 11.0. The number of aliphatic imine (C=N–C) groups is 1. The molecule has 0 aliphatic carbocycles. The summed E-state index contributed by atoms with van der Waals surface area (Å²) >= 11 is 0. The van der Waals surface area contributed by atoms with Gasteiger partial charge in [0.2, 0.25) is 5.88 Å². The number of hydrogen-bond acceptors (Lipinski definition) is 10. The SMILES string of the molecule is Cc1cc(N2CN=C(N)c3cc(-c4cccc(NCCS(C)(=O)=O)c4)ccc32)ccc1Oc1cc2nncn2cn1. The van der Waals surface area contributed by atoms with Gasteiger partial charge in [0.05, 0.1) is 11.4 Å². The summed E-state index contributed by atoms with van der Waals surface area (Å²) in [5, 5.41) is 11.1. The Morgan fingerprint density at radius 2 is 1.88 bits per heavy atom. The first-order valence-electron chi connectivity index (χ1n) is 12.9. The van der Waals surface area contributed by atoms with E-state index in [4.69, 9.17) is 10.5 Å². The largest absolute Gasteiger partial charge is 0.439 e. The van der Waals surface area contributed by atoms with Gasteiger partial charge in [0.15, 0.2) is 5.65 Å². The zero-order valence-corrected chi connectivity index (χ0v) is 23.3. The molecule has 0 unspecified atom stereocenters. The molecule has 0 spiro atoms. The summed E-state index contributed by atoms with van der Waals surface area (Å²) in [5.74, 6) is 1.67. The van der Waals surface area contributed by atoms with E-state index in [1.807, 2.05) is 61.5 Å². The van der Waals surface area contributed by atoms with Gasteiger partial charge in [0, 0.05) is 35.8 Å². The Morgan fingerprint density at radius 1 is 1.02 bits per heavy atom. The number of fused-ring (bicyclic) bond motifs is 2. The second kappa shape index (κ2) is 10.5. The van der Waals surface area contributed by atoms with E-state index >= 15 is 0 Å². The zero-order chi connectivity index (χ0) is 28.6. The minimum absolute atomic E-state index is 0.0706. The molecule has 0 saturated heterocycles. The third-order valence-electron chi connectivity index (χ3n) is 6.79. The molecule has 0 radical (unpaired) electrons. The molecule has 1 aliphatic rings. The molecule has 2 aromatic heterocycles. The van der Waals surface area contributed by atoms with Crippen LogP contribution < -0.4 is 20.7 Å². The maximum Gasteiger partial charge on any atom is 0.224 e. The van der Waals surface area contributed by atoms with Crippen molar-refractivity contribution < 1.29 is 13.2 Å². The molecular formula is C29H28N8O3S. The van der Waals surface area contributed by atoms with Crippen LogP contribution in [0.2, 0.25) is 0 Å². The van der Waals surface area contributed by atoms with Crippen molar-refractivity contribution in [3.63, 3.8) is 0 Å². The number of aromatic nitrogens is 4. The first-order valence-corrected chi connectivity index (χ1v) is 15.0. The number of rotatable bonds is 8. The fourth-order valence-electron chi connectivity index (χ4n) is 4.67. The molecule has 3 heterocycles. The predicted octanol–water partition coefficient (Wildman–Crippen LogP) is 4.16. The summed E-state index contributed by atoms with van der Waals surface area (Å²) in [7, 11) is -3.04. The number of aryl methyl sites for hydroxylation is 1. The molecule has 3 aromatic carbocycles. The lowest BCUT2D eigenvalue weighted by Gasteiger charge is -2.30. The van der Waals surface area contributed by atoms with Gasteiger partial charge in [-0.3, -0.25) is 4.40 Å². The lowest BCUT2D eigenvalue weighted by atomic mass is 9.99. The average molecular weight is 569 g/mol. The number of hydrogen-bond donors (Lipinski definition) is 2. The van der Waals surface area contributed by atoms with Crippen LogP contribution in [0, 0.1) is 6.92 Å². The van der Waals surface area contributed by atoms with Crippen LogP contribution in [0.5, 0.6) is 11.6 Å². The van der Waals surface area contributed by atoms with E-state index in [-0.39, 0.29) is 5.75 Å². The molecule has 3 N–H and O–H groups in total. The van der Waals surface area contributed by atoms with Crippen LogP contribution in [0.3, 0.4) is 0 Å². The monoisotopic (exact) mass is 568 g/mol. The first kappa shape index (κ1) is 26.3. The molecule has 0 saturated carbocycles. The molecule has 0 bridgehead atoms. The highest BCUT2D eigenvalue weighted by Gasteiger charge is 2.21. The van der Waals surface area contributed by atoms with Crippen molar-refractivity contribution in [3.05, 3.63) is 90.5 Å². The third kappa shape index (κ3) is 5.68. The summed E-state index contributed by atoms with van der Waals surface area (Å²) in [6.45, 7) is 2.72. The van der Waals surface area contributed by atoms with Crippen molar-refractivity contribution in [3.8, 4) is 22.8 Å². The standard InChI is InChI=1S/C29H28N8O3S/c1-19-12-23(7-9-26(19)40-28-15-27-35-34-18-36(27)16-32-28)37-17-33-29(30)24-14-21(6-8-25(24)37)20-4-3-5-22(13-20)31-10-11-41(2,38)39/h3-9,12-16,18,31H,10-11,17H2,1-2H3,(H2,30,33). The van der Waals surface area contributed by atoms with Crippen LogP contribution in [0.1, 0.15) is 11.1 Å². The molecule has 12 heteroatoms. The van der Waals surface area contributed by atoms with Gasteiger partial charge in [0.1, 0.15) is 40.7 Å². The topological polar surface area (TPSA) is 140 Å². The maximum absolute atomic E-state index is 11.5. The lowest BCUT2D eigenvalue weighted by Crippen LogP contribution is -2.29. The van der Waals surface area contributed by atoms with Crippen LogP contribution in [-0.2, 0) is 9.84 Å². The normalized spacial score (nSPS) is 13.1. The molecule has 5 aromatic rings. The number of ether oxygens (including phenoxy) is 1. The molecule has 208 valence electrons. The highest BCUT2D eigenvalue weighted by atomic mass is 32.2. The molecule has 1 aliphatic heterocycles. The van der Waals surface area contributed by atoms with E-state index in [0.29, 0.717) is 36.3 Å². The number of nitrogens with two attached hydrogens (primary N) is 1. The van der Waals surface area contributed by atoms with Gasteiger partial charge in [-0.2, -0.15) is 0 Å². The van der Waals surface area contributed by atoms with Crippen LogP contribution in [0.4, 0.5) is 17.1 Å². The molecule has 41 heavy (non-hydrogen) atoms. The Hall–Kier alpha value is -4.97. The Labute approximate surface area is 237 Å². The van der Waals surface area contributed by atoms with Crippen LogP contribution in [0.15, 0.2) is 84.4 Å². The fourth-order valence-corrected chi connectivity index (χ4v) is 5.14. The van der Waals surface area contributed by atoms with Gasteiger partial charge < -0.3 is 20.7 Å². The van der Waals surface area contributed by atoms with E-state index in [1.165, 1.54) is 6.26 Å². The number of amidine groups is 1. The highest BCUT2D eigenvalue weighted by Crippen LogP contribution is 2.37. The van der Waals surface area contributed by atoms with Gasteiger partial charge in [-0.25, -0.2) is 18.4 Å². The van der Waals surface area contributed by atoms with Crippen molar-refractivity contribution in [2.45, 2.75) is 6.92 Å². The number of anilines is 3. The van der Waals surface area contributed by atoms with Crippen molar-refractivity contribution in [2.75, 3.05) is 35.4 Å². The van der Waals surface area contributed by atoms with Crippen molar-refractivity contribution >= 4 is 38.4 Å². The summed E-state index contributed by atoms with van der Waals surface area (Å²) in [6, 6.07) is 21.7. The minimum Gasteiger partial charge on any atom is -0.439 e. The van der Waals surface area contributed by atoms with E-state index in [1.54, 1.807) is 23.1 Å². The minimum atomic E-state index is -3.04. The molecule has 11 nitrogen and oxygen atoms in total. The van der Waals surface area contributed by atoms with Gasteiger partial charge in [-0.1, -0.05) is 18.2 Å². The van der Waals surface area contributed by atoms with Crippen LogP contribution >= 0.6 is 0 Å². The van der Waals surface area contributed by atoms with Crippen molar-refractivity contribution in [2.24, 2.45) is 10.7 Å². The summed E-state index contributed by atoms with van der Waals surface area (Å²) in [6.07, 6.45) is 4.43. The Morgan fingerprint density at radius 3 is 2.71 bits per heavy atom. The zero-order valence-electron chi connectivity index (χ0n) is 22.5. The molecule has 0 atom stereocenters. The summed E-state index contributed by atoms with van der Waals surface area (Å²) in [5.41, 5.74) is 13.5. The first-order chi connectivity index (χ1) is 19.7. The van der Waals surface area contributed by atoms with E-state index < -0.39 is 9.84 Å². The molecular weight excluding hydrogens is 540 g/mol. The quantitative estimate of drug-likeness (QED) is 0.282. The second-order valence-electron chi connectivity index (χ2n) is 9.86. The lowest BCUT2D eigenvalue weighted by molar-refractivity contribution is 0.458. The Balaban J connectivity index is 1.24. The highest BCUT2D eigenvalue weighted by molar-refractivity contribution is 7.90. The van der Waals surface area contributed by atoms with E-state index in [9.17, 15) is 8.42 Å². The summed E-state index contributed by atoms with van der Waals surface area (Å²) < 4.78 is 30.7. The third-order valence-corrected chi connectivity index (χ3v) is 7.74. The smallest absolute Gasteiger partial charge is 0.224 e. The van der Waals surface area contributed by atoms with Crippen molar-refractivity contribution in [1.29, 1.82) is 0 Å². The molecule has 0 fully saturated rings. The number of nitrogens with zero attached hydrogens (tertiary/aromatic N) is 6. The number of nitrogens with one attached hydrogen (secondary N) is 1. The van der Waals surface area contributed by atoms with Crippen molar-refractivity contribution in [1.82, 2.24) is 19.6 Å². The van der Waals surface area contributed by atoms with Crippen LogP contribution in [0.25, 0.3) is 16.8 Å². The van der Waals surface area contributed by atoms with Gasteiger partial charge in [-0.15, -0.1) is 10.2 Å². The van der Waals surface area contributed by atoms with Crippen LogP contribution in [-0.4, -0.2) is 59.1 Å².